The van der Waals surface area contributed by atoms with Crippen molar-refractivity contribution >= 4 is 33.0 Å². The van der Waals surface area contributed by atoms with Gasteiger partial charge < -0.3 is 5.32 Å². The lowest BCUT2D eigenvalue weighted by Crippen LogP contribution is -2.07. The topological polar surface area (TPSA) is 48.7 Å². The molecule has 0 aliphatic rings. The number of hydrogen-bond donors (Lipinski definition) is 1. The van der Waals surface area contributed by atoms with E-state index in [2.05, 4.69) is 39.2 Å². The molecule has 1 heterocycles. The van der Waals surface area contributed by atoms with Gasteiger partial charge in [-0.2, -0.15) is 5.26 Å². The van der Waals surface area contributed by atoms with Crippen LogP contribution in [-0.4, -0.2) is 4.98 Å². The number of nitrogens with zero attached hydrogens (tertiary/aromatic N) is 2. The van der Waals surface area contributed by atoms with E-state index in [-0.39, 0.29) is 6.04 Å². The molecule has 0 fully saturated rings. The van der Waals surface area contributed by atoms with Gasteiger partial charge in [0.05, 0.1) is 28.5 Å². The molecule has 0 saturated carbocycles. The van der Waals surface area contributed by atoms with E-state index in [1.807, 2.05) is 30.6 Å². The third kappa shape index (κ3) is 2.71. The zero-order valence-electron chi connectivity index (χ0n) is 10.1. The third-order valence-electron chi connectivity index (χ3n) is 2.65. The fraction of sp³-hybridized carbons (Fsp3) is 0.231. The van der Waals surface area contributed by atoms with Crippen LogP contribution in [0, 0.1) is 18.3 Å². The molecule has 92 valence electrons. The summed E-state index contributed by atoms with van der Waals surface area (Å²) in [7, 11) is 0. The largest absolute Gasteiger partial charge is 0.377 e. The first-order valence-electron chi connectivity index (χ1n) is 5.48. The Morgan fingerprint density at radius 2 is 2.28 bits per heavy atom. The third-order valence-corrected chi connectivity index (χ3v) is 4.26. The van der Waals surface area contributed by atoms with Gasteiger partial charge in [-0.3, -0.25) is 0 Å². The standard InChI is InChI=1S/C13H12BrN3S/c1-8-13(18-7-16-8)9(2)17-12-4-3-11(14)5-10(12)6-15/h3-5,7,9,17H,1-2H3. The van der Waals surface area contributed by atoms with Gasteiger partial charge in [0.15, 0.2) is 0 Å². The summed E-state index contributed by atoms with van der Waals surface area (Å²) in [6.07, 6.45) is 0. The number of nitrogens with one attached hydrogen (secondary N) is 1. The van der Waals surface area contributed by atoms with Gasteiger partial charge >= 0.3 is 0 Å². The maximum Gasteiger partial charge on any atom is 0.101 e. The fourth-order valence-electron chi connectivity index (χ4n) is 1.76. The molecule has 0 saturated heterocycles. The Morgan fingerprint density at radius 1 is 1.50 bits per heavy atom. The van der Waals surface area contributed by atoms with E-state index in [1.165, 1.54) is 4.88 Å². The Morgan fingerprint density at radius 3 is 2.89 bits per heavy atom. The number of thiazole rings is 1. The molecule has 0 spiro atoms. The Hall–Kier alpha value is -1.38. The van der Waals surface area contributed by atoms with E-state index in [0.29, 0.717) is 5.56 Å². The normalized spacial score (nSPS) is 11.9. The Labute approximate surface area is 119 Å². The van der Waals surface area contributed by atoms with Crippen LogP contribution in [0.25, 0.3) is 0 Å². The van der Waals surface area contributed by atoms with Crippen LogP contribution in [0.3, 0.4) is 0 Å². The van der Waals surface area contributed by atoms with Crippen LogP contribution in [-0.2, 0) is 0 Å². The molecule has 0 radical (unpaired) electrons. The number of halogens is 1. The lowest BCUT2D eigenvalue weighted by atomic mass is 10.1. The van der Waals surface area contributed by atoms with Crippen molar-refractivity contribution < 1.29 is 0 Å². The summed E-state index contributed by atoms with van der Waals surface area (Å²) in [5.74, 6) is 0. The molecule has 0 bridgehead atoms. The molecule has 5 heteroatoms. The van der Waals surface area contributed by atoms with Crippen molar-refractivity contribution in [3.05, 3.63) is 44.3 Å². The lowest BCUT2D eigenvalue weighted by Gasteiger charge is -2.15. The highest BCUT2D eigenvalue weighted by Crippen LogP contribution is 2.28. The van der Waals surface area contributed by atoms with E-state index in [1.54, 1.807) is 11.3 Å². The molecular weight excluding hydrogens is 310 g/mol. The zero-order chi connectivity index (χ0) is 13.1. The smallest absolute Gasteiger partial charge is 0.101 e. The van der Waals surface area contributed by atoms with Gasteiger partial charge in [-0.15, -0.1) is 11.3 Å². The van der Waals surface area contributed by atoms with Crippen LogP contribution in [0.15, 0.2) is 28.2 Å². The second kappa shape index (κ2) is 5.51. The SMILES string of the molecule is Cc1ncsc1C(C)Nc1ccc(Br)cc1C#N. The van der Waals surface area contributed by atoms with E-state index < -0.39 is 0 Å². The predicted octanol–water partition coefficient (Wildman–Crippen LogP) is 4.26. The minimum absolute atomic E-state index is 0.144. The number of aromatic nitrogens is 1. The number of rotatable bonds is 3. The fourth-order valence-corrected chi connectivity index (χ4v) is 2.93. The average Bonchev–Trinajstić information content (AvgIpc) is 2.77. The van der Waals surface area contributed by atoms with Crippen molar-refractivity contribution in [2.45, 2.75) is 19.9 Å². The molecule has 2 aromatic rings. The first kappa shape index (κ1) is 13.1. The van der Waals surface area contributed by atoms with Crippen molar-refractivity contribution in [3.8, 4) is 6.07 Å². The maximum atomic E-state index is 9.12. The Balaban J connectivity index is 2.25. The Kier molecular flexibility index (Phi) is 4.00. The monoisotopic (exact) mass is 321 g/mol. The van der Waals surface area contributed by atoms with Crippen molar-refractivity contribution in [3.63, 3.8) is 0 Å². The summed E-state index contributed by atoms with van der Waals surface area (Å²) in [5, 5.41) is 12.5. The van der Waals surface area contributed by atoms with Crippen LogP contribution < -0.4 is 5.32 Å². The van der Waals surface area contributed by atoms with E-state index >= 15 is 0 Å². The van der Waals surface area contributed by atoms with Crippen LogP contribution in [0.1, 0.15) is 29.1 Å². The second-order valence-electron chi connectivity index (χ2n) is 3.97. The molecule has 18 heavy (non-hydrogen) atoms. The number of nitriles is 1. The van der Waals surface area contributed by atoms with E-state index in [0.717, 1.165) is 15.9 Å². The van der Waals surface area contributed by atoms with Crippen LogP contribution >= 0.6 is 27.3 Å². The Bertz CT molecular complexity index is 601. The predicted molar refractivity (Wildman–Crippen MR) is 77.7 cm³/mol. The van der Waals surface area contributed by atoms with Crippen molar-refractivity contribution in [2.75, 3.05) is 5.32 Å². The van der Waals surface area contributed by atoms with E-state index in [4.69, 9.17) is 5.26 Å². The molecule has 0 aliphatic carbocycles. The van der Waals surface area contributed by atoms with Gasteiger partial charge in [0.2, 0.25) is 0 Å². The highest BCUT2D eigenvalue weighted by molar-refractivity contribution is 9.10. The molecule has 0 amide bonds. The molecule has 1 aromatic carbocycles. The van der Waals surface area contributed by atoms with Gasteiger partial charge in [-0.05, 0) is 32.0 Å². The molecular formula is C13H12BrN3S. The average molecular weight is 322 g/mol. The molecule has 1 N–H and O–H groups in total. The summed E-state index contributed by atoms with van der Waals surface area (Å²) in [6, 6.07) is 7.99. The molecule has 1 aromatic heterocycles. The number of aryl methyl sites for hydroxylation is 1. The van der Waals surface area contributed by atoms with Crippen molar-refractivity contribution in [1.82, 2.24) is 4.98 Å². The zero-order valence-corrected chi connectivity index (χ0v) is 12.5. The molecule has 0 aliphatic heterocycles. The van der Waals surface area contributed by atoms with Crippen LogP contribution in [0.2, 0.25) is 0 Å². The summed E-state index contributed by atoms with van der Waals surface area (Å²) < 4.78 is 0.909. The molecule has 1 atom stereocenters. The first-order valence-corrected chi connectivity index (χ1v) is 7.15. The summed E-state index contributed by atoms with van der Waals surface area (Å²) in [6.45, 7) is 4.07. The van der Waals surface area contributed by atoms with Gasteiger partial charge in [0, 0.05) is 9.35 Å². The van der Waals surface area contributed by atoms with Crippen molar-refractivity contribution in [2.24, 2.45) is 0 Å². The van der Waals surface area contributed by atoms with Gasteiger partial charge in [-0.25, -0.2) is 4.98 Å². The number of benzene rings is 1. The van der Waals surface area contributed by atoms with Crippen molar-refractivity contribution in [1.29, 1.82) is 5.26 Å². The lowest BCUT2D eigenvalue weighted by molar-refractivity contribution is 0.889. The van der Waals surface area contributed by atoms with Gasteiger partial charge in [-0.1, -0.05) is 15.9 Å². The first-order chi connectivity index (χ1) is 8.61. The van der Waals surface area contributed by atoms with Gasteiger partial charge in [0.1, 0.15) is 6.07 Å². The highest BCUT2D eigenvalue weighted by atomic mass is 79.9. The summed E-state index contributed by atoms with van der Waals surface area (Å²) in [4.78, 5) is 5.44. The summed E-state index contributed by atoms with van der Waals surface area (Å²) >= 11 is 4.99. The minimum atomic E-state index is 0.144. The maximum absolute atomic E-state index is 9.12. The molecule has 3 nitrogen and oxygen atoms in total. The minimum Gasteiger partial charge on any atom is -0.377 e. The number of anilines is 1. The van der Waals surface area contributed by atoms with Gasteiger partial charge in [0.25, 0.3) is 0 Å². The van der Waals surface area contributed by atoms with Crippen LogP contribution in [0.4, 0.5) is 5.69 Å². The van der Waals surface area contributed by atoms with E-state index in [9.17, 15) is 0 Å². The van der Waals surface area contributed by atoms with Crippen LogP contribution in [0.5, 0.6) is 0 Å². The second-order valence-corrected chi connectivity index (χ2v) is 5.77. The number of hydrogen-bond acceptors (Lipinski definition) is 4. The molecule has 1 unspecified atom stereocenters. The quantitative estimate of drug-likeness (QED) is 0.918. The highest BCUT2D eigenvalue weighted by Gasteiger charge is 2.12. The molecule has 2 rings (SSSR count). The summed E-state index contributed by atoms with van der Waals surface area (Å²) in [5.41, 5.74) is 4.37.